The fourth-order valence-corrected chi connectivity index (χ4v) is 2.17. The van der Waals surface area contributed by atoms with E-state index in [1.807, 2.05) is 48.5 Å². The van der Waals surface area contributed by atoms with Crippen molar-refractivity contribution in [2.45, 2.75) is 13.0 Å². The number of rotatable bonds is 7. The molecule has 2 aromatic carbocycles. The molecule has 0 saturated carbocycles. The molecular formula is C18H23N3O. The molecule has 0 bridgehead atoms. The number of urea groups is 1. The largest absolute Gasteiger partial charge is 0.375 e. The second-order valence-electron chi connectivity index (χ2n) is 5.21. The molecule has 0 heterocycles. The van der Waals surface area contributed by atoms with Crippen molar-refractivity contribution in [1.29, 1.82) is 0 Å². The molecule has 0 fully saturated rings. The SMILES string of the molecule is CN(CCCNC(=O)NCc1ccccc1)c1ccccc1. The molecule has 22 heavy (non-hydrogen) atoms. The Morgan fingerprint density at radius 1 is 0.955 bits per heavy atom. The van der Waals surface area contributed by atoms with E-state index in [0.29, 0.717) is 13.1 Å². The molecule has 0 aliphatic carbocycles. The standard InChI is InChI=1S/C18H23N3O/c1-21(17-11-6-3-7-12-17)14-8-13-19-18(22)20-15-16-9-4-2-5-10-16/h2-7,9-12H,8,13-15H2,1H3,(H2,19,20,22). The van der Waals surface area contributed by atoms with Crippen LogP contribution in [-0.2, 0) is 6.54 Å². The molecule has 0 radical (unpaired) electrons. The smallest absolute Gasteiger partial charge is 0.315 e. The third-order valence-electron chi connectivity index (χ3n) is 3.45. The summed E-state index contributed by atoms with van der Waals surface area (Å²) in [5.74, 6) is 0. The fourth-order valence-electron chi connectivity index (χ4n) is 2.17. The predicted molar refractivity (Wildman–Crippen MR) is 91.0 cm³/mol. The number of carbonyl (C=O) groups is 1. The minimum absolute atomic E-state index is 0.119. The van der Waals surface area contributed by atoms with E-state index in [1.165, 1.54) is 5.69 Å². The van der Waals surface area contributed by atoms with E-state index in [0.717, 1.165) is 18.5 Å². The van der Waals surface area contributed by atoms with Gasteiger partial charge in [-0.15, -0.1) is 0 Å². The van der Waals surface area contributed by atoms with Gasteiger partial charge in [0, 0.05) is 32.4 Å². The van der Waals surface area contributed by atoms with E-state index in [4.69, 9.17) is 0 Å². The molecule has 2 amide bonds. The van der Waals surface area contributed by atoms with Crippen molar-refractivity contribution in [3.05, 3.63) is 66.2 Å². The molecular weight excluding hydrogens is 274 g/mol. The average Bonchev–Trinajstić information content (AvgIpc) is 2.58. The van der Waals surface area contributed by atoms with Crippen LogP contribution in [0.25, 0.3) is 0 Å². The maximum atomic E-state index is 11.7. The van der Waals surface area contributed by atoms with E-state index in [-0.39, 0.29) is 6.03 Å². The second-order valence-corrected chi connectivity index (χ2v) is 5.21. The van der Waals surface area contributed by atoms with Crippen molar-refractivity contribution in [2.75, 3.05) is 25.0 Å². The quantitative estimate of drug-likeness (QED) is 0.772. The molecule has 0 aliphatic rings. The van der Waals surface area contributed by atoms with Crippen LogP contribution in [0.4, 0.5) is 10.5 Å². The van der Waals surface area contributed by atoms with Gasteiger partial charge >= 0.3 is 6.03 Å². The Bertz CT molecular complexity index is 557. The zero-order chi connectivity index (χ0) is 15.6. The van der Waals surface area contributed by atoms with Crippen LogP contribution < -0.4 is 15.5 Å². The minimum Gasteiger partial charge on any atom is -0.375 e. The van der Waals surface area contributed by atoms with Gasteiger partial charge in [-0.05, 0) is 24.1 Å². The van der Waals surface area contributed by atoms with Crippen molar-refractivity contribution in [1.82, 2.24) is 10.6 Å². The first-order chi connectivity index (χ1) is 10.8. The third kappa shape index (κ3) is 5.48. The third-order valence-corrected chi connectivity index (χ3v) is 3.45. The maximum absolute atomic E-state index is 11.7. The minimum atomic E-state index is -0.119. The number of hydrogen-bond donors (Lipinski definition) is 2. The summed E-state index contributed by atoms with van der Waals surface area (Å²) in [6.07, 6.45) is 0.907. The number of nitrogens with zero attached hydrogens (tertiary/aromatic N) is 1. The Morgan fingerprint density at radius 3 is 2.27 bits per heavy atom. The topological polar surface area (TPSA) is 44.4 Å². The zero-order valence-corrected chi connectivity index (χ0v) is 13.0. The van der Waals surface area contributed by atoms with Crippen LogP contribution in [0, 0.1) is 0 Å². The lowest BCUT2D eigenvalue weighted by atomic mass is 10.2. The number of carbonyl (C=O) groups excluding carboxylic acids is 1. The van der Waals surface area contributed by atoms with Gasteiger partial charge in [0.05, 0.1) is 0 Å². The number of anilines is 1. The number of para-hydroxylation sites is 1. The van der Waals surface area contributed by atoms with Gasteiger partial charge in [0.2, 0.25) is 0 Å². The number of hydrogen-bond acceptors (Lipinski definition) is 2. The highest BCUT2D eigenvalue weighted by Crippen LogP contribution is 2.10. The molecule has 2 N–H and O–H groups in total. The summed E-state index contributed by atoms with van der Waals surface area (Å²) < 4.78 is 0. The zero-order valence-electron chi connectivity index (χ0n) is 13.0. The van der Waals surface area contributed by atoms with Crippen LogP contribution in [0.2, 0.25) is 0 Å². The van der Waals surface area contributed by atoms with Gasteiger partial charge in [-0.2, -0.15) is 0 Å². The number of benzene rings is 2. The highest BCUT2D eigenvalue weighted by Gasteiger charge is 2.02. The molecule has 0 atom stereocenters. The van der Waals surface area contributed by atoms with Crippen molar-refractivity contribution in [2.24, 2.45) is 0 Å². The van der Waals surface area contributed by atoms with E-state index in [9.17, 15) is 4.79 Å². The highest BCUT2D eigenvalue weighted by molar-refractivity contribution is 5.73. The van der Waals surface area contributed by atoms with Crippen molar-refractivity contribution in [3.8, 4) is 0 Å². The summed E-state index contributed by atoms with van der Waals surface area (Å²) in [6.45, 7) is 2.12. The first-order valence-electron chi connectivity index (χ1n) is 7.57. The van der Waals surface area contributed by atoms with E-state index >= 15 is 0 Å². The van der Waals surface area contributed by atoms with Crippen molar-refractivity contribution in [3.63, 3.8) is 0 Å². The second kappa shape index (κ2) is 8.72. The maximum Gasteiger partial charge on any atom is 0.315 e. The molecule has 4 nitrogen and oxygen atoms in total. The fraction of sp³-hybridized carbons (Fsp3) is 0.278. The van der Waals surface area contributed by atoms with Crippen LogP contribution in [0.3, 0.4) is 0 Å². The van der Waals surface area contributed by atoms with Crippen molar-refractivity contribution >= 4 is 11.7 Å². The molecule has 4 heteroatoms. The lowest BCUT2D eigenvalue weighted by molar-refractivity contribution is 0.240. The normalized spacial score (nSPS) is 10.0. The van der Waals surface area contributed by atoms with Crippen LogP contribution in [0.15, 0.2) is 60.7 Å². The van der Waals surface area contributed by atoms with Gasteiger partial charge in [0.1, 0.15) is 0 Å². The first-order valence-corrected chi connectivity index (χ1v) is 7.57. The monoisotopic (exact) mass is 297 g/mol. The lowest BCUT2D eigenvalue weighted by Gasteiger charge is -2.19. The van der Waals surface area contributed by atoms with Gasteiger partial charge < -0.3 is 15.5 Å². The summed E-state index contributed by atoms with van der Waals surface area (Å²) in [5.41, 5.74) is 2.29. The van der Waals surface area contributed by atoms with Gasteiger partial charge in [-0.25, -0.2) is 4.79 Å². The summed E-state index contributed by atoms with van der Waals surface area (Å²) in [4.78, 5) is 13.9. The van der Waals surface area contributed by atoms with Crippen molar-refractivity contribution < 1.29 is 4.79 Å². The van der Waals surface area contributed by atoms with E-state index in [2.05, 4.69) is 34.7 Å². The molecule has 0 spiro atoms. The molecule has 0 aliphatic heterocycles. The van der Waals surface area contributed by atoms with Crippen LogP contribution in [-0.4, -0.2) is 26.2 Å². The van der Waals surface area contributed by atoms with Gasteiger partial charge in [-0.3, -0.25) is 0 Å². The Morgan fingerprint density at radius 2 is 1.59 bits per heavy atom. The van der Waals surface area contributed by atoms with Crippen LogP contribution in [0.1, 0.15) is 12.0 Å². The molecule has 0 unspecified atom stereocenters. The summed E-state index contributed by atoms with van der Waals surface area (Å²) >= 11 is 0. The van der Waals surface area contributed by atoms with Gasteiger partial charge in [0.15, 0.2) is 0 Å². The molecule has 0 aromatic heterocycles. The number of amides is 2. The molecule has 2 rings (SSSR count). The molecule has 116 valence electrons. The highest BCUT2D eigenvalue weighted by atomic mass is 16.2. The molecule has 2 aromatic rings. The Labute approximate surface area is 132 Å². The van der Waals surface area contributed by atoms with Gasteiger partial charge in [-0.1, -0.05) is 48.5 Å². The summed E-state index contributed by atoms with van der Waals surface area (Å²) in [5, 5.41) is 5.74. The van der Waals surface area contributed by atoms with E-state index in [1.54, 1.807) is 0 Å². The lowest BCUT2D eigenvalue weighted by Crippen LogP contribution is -2.36. The predicted octanol–water partition coefficient (Wildman–Crippen LogP) is 3.01. The summed E-state index contributed by atoms with van der Waals surface area (Å²) in [7, 11) is 2.06. The number of nitrogens with one attached hydrogen (secondary N) is 2. The Hall–Kier alpha value is -2.49. The Kier molecular flexibility index (Phi) is 6.30. The first kappa shape index (κ1) is 15.9. The van der Waals surface area contributed by atoms with Crippen LogP contribution in [0.5, 0.6) is 0 Å². The summed E-state index contributed by atoms with van der Waals surface area (Å²) in [6, 6.07) is 20.0. The molecule has 0 saturated heterocycles. The Balaban J connectivity index is 1.59. The van der Waals surface area contributed by atoms with Gasteiger partial charge in [0.25, 0.3) is 0 Å². The average molecular weight is 297 g/mol. The van der Waals surface area contributed by atoms with E-state index < -0.39 is 0 Å². The van der Waals surface area contributed by atoms with Crippen LogP contribution >= 0.6 is 0 Å².